The van der Waals surface area contributed by atoms with Crippen LogP contribution in [0.25, 0.3) is 17.2 Å². The Morgan fingerprint density at radius 3 is 2.55 bits per heavy atom. The monoisotopic (exact) mass is 401 g/mol. The molecule has 144 valence electrons. The van der Waals surface area contributed by atoms with E-state index in [1.807, 2.05) is 55.6 Å². The molecule has 0 aliphatic carbocycles. The lowest BCUT2D eigenvalue weighted by Crippen LogP contribution is -2.25. The van der Waals surface area contributed by atoms with E-state index in [-0.39, 0.29) is 11.8 Å². The Kier molecular flexibility index (Phi) is 4.24. The number of hydrogen-bond acceptors (Lipinski definition) is 5. The summed E-state index contributed by atoms with van der Waals surface area (Å²) in [5.41, 5.74) is 5.70. The highest BCUT2D eigenvalue weighted by atomic mass is 32.1. The molecule has 3 aromatic heterocycles. The fourth-order valence-corrected chi connectivity index (χ4v) is 4.58. The van der Waals surface area contributed by atoms with Crippen LogP contribution >= 0.6 is 11.3 Å². The number of aromatic nitrogens is 4. The Morgan fingerprint density at radius 1 is 1.10 bits per heavy atom. The van der Waals surface area contributed by atoms with Gasteiger partial charge in [-0.3, -0.25) is 4.79 Å². The number of aryl methyl sites for hydroxylation is 2. The quantitative estimate of drug-likeness (QED) is 0.549. The SMILES string of the molecule is Cc1cc(C)nc(-n2nc(-c3ccccc3)c3c2NC(=O)C[C@@H]3c2ccsc2)n1. The Labute approximate surface area is 172 Å². The van der Waals surface area contributed by atoms with Crippen molar-refractivity contribution in [1.82, 2.24) is 19.7 Å². The average molecular weight is 401 g/mol. The standard InChI is InChI=1S/C22H19N5OS/c1-13-10-14(2)24-22(23-13)27-21-19(20(26-27)15-6-4-3-5-7-15)17(11-18(28)25-21)16-8-9-29-12-16/h3-10,12,17H,11H2,1-2H3,(H,25,28)/t17-/m1/s1. The zero-order valence-corrected chi connectivity index (χ0v) is 16.9. The number of hydrogen-bond donors (Lipinski definition) is 1. The minimum atomic E-state index is -0.0557. The maximum Gasteiger partial charge on any atom is 0.252 e. The number of fused-ring (bicyclic) bond motifs is 1. The molecule has 0 unspecified atom stereocenters. The van der Waals surface area contributed by atoms with E-state index in [4.69, 9.17) is 5.10 Å². The molecule has 0 saturated carbocycles. The van der Waals surface area contributed by atoms with Crippen LogP contribution in [0.4, 0.5) is 5.82 Å². The summed E-state index contributed by atoms with van der Waals surface area (Å²) in [6.45, 7) is 3.86. The van der Waals surface area contributed by atoms with E-state index >= 15 is 0 Å². The first kappa shape index (κ1) is 17.8. The summed E-state index contributed by atoms with van der Waals surface area (Å²) >= 11 is 1.63. The third-order valence-electron chi connectivity index (χ3n) is 5.07. The van der Waals surface area contributed by atoms with Crippen LogP contribution in [0.15, 0.2) is 53.2 Å². The number of amides is 1. The molecule has 1 aromatic carbocycles. The van der Waals surface area contributed by atoms with Gasteiger partial charge in [0.2, 0.25) is 5.91 Å². The van der Waals surface area contributed by atoms with Crippen molar-refractivity contribution in [3.8, 4) is 17.2 Å². The first-order chi connectivity index (χ1) is 14.1. The molecule has 1 amide bonds. The van der Waals surface area contributed by atoms with Gasteiger partial charge in [-0.15, -0.1) is 0 Å². The zero-order chi connectivity index (χ0) is 20.0. The molecule has 1 aliphatic heterocycles. The summed E-state index contributed by atoms with van der Waals surface area (Å²) in [5, 5.41) is 12.1. The second kappa shape index (κ2) is 6.93. The molecular formula is C22H19N5OS. The average Bonchev–Trinajstić information content (AvgIpc) is 3.35. The summed E-state index contributed by atoms with van der Waals surface area (Å²) in [5.74, 6) is 1.03. The lowest BCUT2D eigenvalue weighted by molar-refractivity contribution is -0.116. The molecule has 0 fully saturated rings. The van der Waals surface area contributed by atoms with Crippen LogP contribution < -0.4 is 5.32 Å². The molecule has 4 heterocycles. The lowest BCUT2D eigenvalue weighted by Gasteiger charge is -2.23. The van der Waals surface area contributed by atoms with Gasteiger partial charge in [-0.2, -0.15) is 21.1 Å². The van der Waals surface area contributed by atoms with Gasteiger partial charge in [0.05, 0.1) is 5.69 Å². The molecule has 29 heavy (non-hydrogen) atoms. The lowest BCUT2D eigenvalue weighted by atomic mass is 9.86. The van der Waals surface area contributed by atoms with Gasteiger partial charge in [-0.1, -0.05) is 30.3 Å². The number of anilines is 1. The highest BCUT2D eigenvalue weighted by Crippen LogP contribution is 2.44. The molecule has 7 heteroatoms. The van der Waals surface area contributed by atoms with Crippen molar-refractivity contribution in [2.24, 2.45) is 0 Å². The van der Waals surface area contributed by atoms with E-state index in [9.17, 15) is 4.79 Å². The molecule has 1 aliphatic rings. The van der Waals surface area contributed by atoms with Gasteiger partial charge in [0, 0.05) is 34.9 Å². The summed E-state index contributed by atoms with van der Waals surface area (Å²) < 4.78 is 1.67. The predicted molar refractivity (Wildman–Crippen MR) is 113 cm³/mol. The molecular weight excluding hydrogens is 382 g/mol. The molecule has 6 nitrogen and oxygen atoms in total. The number of carbonyl (C=O) groups is 1. The van der Waals surface area contributed by atoms with Crippen LogP contribution in [-0.4, -0.2) is 25.7 Å². The second-order valence-corrected chi connectivity index (χ2v) is 7.98. The van der Waals surface area contributed by atoms with Crippen LogP contribution in [0.5, 0.6) is 0 Å². The van der Waals surface area contributed by atoms with E-state index in [1.54, 1.807) is 16.0 Å². The van der Waals surface area contributed by atoms with E-state index in [2.05, 4.69) is 26.7 Å². The predicted octanol–water partition coefficient (Wildman–Crippen LogP) is 4.48. The fourth-order valence-electron chi connectivity index (χ4n) is 3.86. The van der Waals surface area contributed by atoms with Crippen molar-refractivity contribution >= 4 is 23.1 Å². The third kappa shape index (κ3) is 3.13. The highest BCUT2D eigenvalue weighted by Gasteiger charge is 2.35. The van der Waals surface area contributed by atoms with E-state index < -0.39 is 0 Å². The van der Waals surface area contributed by atoms with Crippen LogP contribution in [-0.2, 0) is 4.79 Å². The minimum Gasteiger partial charge on any atom is -0.310 e. The maximum atomic E-state index is 12.6. The van der Waals surface area contributed by atoms with Crippen LogP contribution in [0.2, 0.25) is 0 Å². The molecule has 1 atom stereocenters. The van der Waals surface area contributed by atoms with Crippen molar-refractivity contribution in [1.29, 1.82) is 0 Å². The molecule has 4 aromatic rings. The number of benzene rings is 1. The Bertz CT molecular complexity index is 1180. The number of rotatable bonds is 3. The number of nitrogens with zero attached hydrogens (tertiary/aromatic N) is 4. The van der Waals surface area contributed by atoms with Crippen LogP contribution in [0.1, 0.15) is 34.9 Å². The van der Waals surface area contributed by atoms with Crippen LogP contribution in [0, 0.1) is 13.8 Å². The fraction of sp³-hybridized carbons (Fsp3) is 0.182. The summed E-state index contributed by atoms with van der Waals surface area (Å²) in [4.78, 5) is 21.7. The van der Waals surface area contributed by atoms with Gasteiger partial charge in [-0.25, -0.2) is 9.97 Å². The van der Waals surface area contributed by atoms with Gasteiger partial charge < -0.3 is 5.32 Å². The Morgan fingerprint density at radius 2 is 1.86 bits per heavy atom. The Hall–Kier alpha value is -3.32. The Balaban J connectivity index is 1.79. The number of nitrogens with one attached hydrogen (secondary N) is 1. The van der Waals surface area contributed by atoms with Gasteiger partial charge in [0.25, 0.3) is 5.95 Å². The number of carbonyl (C=O) groups excluding carboxylic acids is 1. The van der Waals surface area contributed by atoms with Gasteiger partial charge in [-0.05, 0) is 42.3 Å². The summed E-state index contributed by atoms with van der Waals surface area (Å²) in [6, 6.07) is 14.1. The van der Waals surface area contributed by atoms with Gasteiger partial charge >= 0.3 is 0 Å². The maximum absolute atomic E-state index is 12.6. The molecule has 0 bridgehead atoms. The van der Waals surface area contributed by atoms with Crippen LogP contribution in [0.3, 0.4) is 0 Å². The van der Waals surface area contributed by atoms with E-state index in [0.717, 1.165) is 33.8 Å². The van der Waals surface area contributed by atoms with Crippen molar-refractivity contribution < 1.29 is 4.79 Å². The minimum absolute atomic E-state index is 0.0289. The molecule has 0 spiro atoms. The highest BCUT2D eigenvalue weighted by molar-refractivity contribution is 7.08. The van der Waals surface area contributed by atoms with Crippen molar-refractivity contribution in [2.75, 3.05) is 5.32 Å². The molecule has 0 radical (unpaired) electrons. The van der Waals surface area contributed by atoms with E-state index in [0.29, 0.717) is 18.2 Å². The zero-order valence-electron chi connectivity index (χ0n) is 16.1. The normalized spacial score (nSPS) is 15.8. The molecule has 0 saturated heterocycles. The van der Waals surface area contributed by atoms with E-state index in [1.165, 1.54) is 0 Å². The van der Waals surface area contributed by atoms with Crippen molar-refractivity contribution in [3.63, 3.8) is 0 Å². The third-order valence-corrected chi connectivity index (χ3v) is 5.77. The first-order valence-electron chi connectivity index (χ1n) is 9.43. The van der Waals surface area contributed by atoms with Gasteiger partial charge in [0.1, 0.15) is 5.82 Å². The van der Waals surface area contributed by atoms with Crippen molar-refractivity contribution in [2.45, 2.75) is 26.2 Å². The largest absolute Gasteiger partial charge is 0.310 e. The topological polar surface area (TPSA) is 72.7 Å². The second-order valence-electron chi connectivity index (χ2n) is 7.20. The summed E-state index contributed by atoms with van der Waals surface area (Å²) in [7, 11) is 0. The van der Waals surface area contributed by atoms with Gasteiger partial charge in [0.15, 0.2) is 0 Å². The summed E-state index contributed by atoms with van der Waals surface area (Å²) in [6.07, 6.45) is 0.392. The first-order valence-corrected chi connectivity index (χ1v) is 10.4. The molecule has 1 N–H and O–H groups in total. The number of thiophene rings is 1. The van der Waals surface area contributed by atoms with Crippen molar-refractivity contribution in [3.05, 3.63) is 75.7 Å². The smallest absolute Gasteiger partial charge is 0.252 e. The molecule has 5 rings (SSSR count).